The van der Waals surface area contributed by atoms with Gasteiger partial charge in [0.25, 0.3) is 0 Å². The Morgan fingerprint density at radius 1 is 1.16 bits per heavy atom. The van der Waals surface area contributed by atoms with Gasteiger partial charge in [0.2, 0.25) is 5.88 Å². The van der Waals surface area contributed by atoms with E-state index in [0.29, 0.717) is 23.9 Å². The smallest absolute Gasteiger partial charge is 0.306 e. The van der Waals surface area contributed by atoms with Crippen molar-refractivity contribution >= 4 is 5.97 Å². The molecule has 226 valence electrons. The number of likely N-dealkylation sites (tertiary alicyclic amines) is 1. The first-order valence-electron chi connectivity index (χ1n) is 15.5. The van der Waals surface area contributed by atoms with Crippen molar-refractivity contribution < 1.29 is 28.5 Å². The van der Waals surface area contributed by atoms with Crippen LogP contribution in [0, 0.1) is 17.7 Å². The van der Waals surface area contributed by atoms with E-state index >= 15 is 4.39 Å². The monoisotopic (exact) mass is 586 g/mol. The third kappa shape index (κ3) is 5.51. The summed E-state index contributed by atoms with van der Waals surface area (Å²) in [6.07, 6.45) is 7.05. The van der Waals surface area contributed by atoms with Gasteiger partial charge in [0.15, 0.2) is 0 Å². The first kappa shape index (κ1) is 28.3. The third-order valence-corrected chi connectivity index (χ3v) is 10.1. The summed E-state index contributed by atoms with van der Waals surface area (Å²) < 4.78 is 33.1. The van der Waals surface area contributed by atoms with E-state index in [2.05, 4.69) is 34.1 Å². The molecule has 1 N–H and O–H groups in total. The predicted molar refractivity (Wildman–Crippen MR) is 160 cm³/mol. The van der Waals surface area contributed by atoms with Crippen LogP contribution in [0.2, 0.25) is 0 Å². The number of aromatic nitrogens is 1. The second kappa shape index (κ2) is 11.2. The number of nitrogens with zero attached hydrogens (tertiary/aromatic N) is 2. The summed E-state index contributed by atoms with van der Waals surface area (Å²) in [5.74, 6) is 0.0510. The molecular weight excluding hydrogens is 547 g/mol. The Hall–Kier alpha value is -3.49. The molecule has 43 heavy (non-hydrogen) atoms. The number of halogens is 1. The second-order valence-corrected chi connectivity index (χ2v) is 12.9. The summed E-state index contributed by atoms with van der Waals surface area (Å²) in [5, 5.41) is 9.77. The van der Waals surface area contributed by atoms with E-state index in [9.17, 15) is 9.90 Å². The Kier molecular flexibility index (Phi) is 7.38. The van der Waals surface area contributed by atoms with Crippen LogP contribution in [0.5, 0.6) is 11.6 Å². The topological polar surface area (TPSA) is 81.1 Å². The Labute approximate surface area is 252 Å². The van der Waals surface area contributed by atoms with Crippen LogP contribution in [0.15, 0.2) is 48.7 Å². The fourth-order valence-electron chi connectivity index (χ4n) is 7.37. The van der Waals surface area contributed by atoms with Gasteiger partial charge >= 0.3 is 5.97 Å². The summed E-state index contributed by atoms with van der Waals surface area (Å²) in [5.41, 5.74) is 5.58. The molecule has 7 rings (SSSR count). The van der Waals surface area contributed by atoms with Crippen molar-refractivity contribution in [1.29, 1.82) is 0 Å². The van der Waals surface area contributed by atoms with Crippen molar-refractivity contribution in [3.63, 3.8) is 0 Å². The highest BCUT2D eigenvalue weighted by Crippen LogP contribution is 2.48. The Balaban J connectivity index is 1.19. The molecule has 1 aromatic heterocycles. The number of aliphatic carboxylic acids is 1. The van der Waals surface area contributed by atoms with Gasteiger partial charge in [-0.1, -0.05) is 37.3 Å². The lowest BCUT2D eigenvalue weighted by Gasteiger charge is -2.38. The quantitative estimate of drug-likeness (QED) is 0.305. The van der Waals surface area contributed by atoms with Crippen LogP contribution in [0.4, 0.5) is 4.39 Å². The zero-order valence-electron chi connectivity index (χ0n) is 24.9. The Bertz CT molecular complexity index is 1530. The van der Waals surface area contributed by atoms with Crippen LogP contribution in [0.25, 0.3) is 11.1 Å². The van der Waals surface area contributed by atoms with Crippen LogP contribution in [0.3, 0.4) is 0 Å². The van der Waals surface area contributed by atoms with E-state index in [1.165, 1.54) is 13.3 Å². The summed E-state index contributed by atoms with van der Waals surface area (Å²) >= 11 is 0. The molecule has 8 heteroatoms. The molecule has 1 aliphatic carbocycles. The normalized spacial score (nSPS) is 24.6. The van der Waals surface area contributed by atoms with Crippen molar-refractivity contribution in [2.45, 2.75) is 69.6 Å². The molecule has 1 spiro atoms. The first-order valence-corrected chi connectivity index (χ1v) is 15.5. The van der Waals surface area contributed by atoms with Gasteiger partial charge in [-0.2, -0.15) is 0 Å². The molecule has 0 radical (unpaired) electrons. The Morgan fingerprint density at radius 3 is 2.70 bits per heavy atom. The number of hydrogen-bond donors (Lipinski definition) is 1. The number of aryl methyl sites for hydroxylation is 1. The fraction of sp³-hybridized carbons (Fsp3) is 0.486. The summed E-state index contributed by atoms with van der Waals surface area (Å²) in [6, 6.07) is 14.2. The van der Waals surface area contributed by atoms with Crippen molar-refractivity contribution in [2.24, 2.45) is 11.8 Å². The number of methoxy groups -OCH3 is 1. The van der Waals surface area contributed by atoms with Crippen LogP contribution < -0.4 is 9.47 Å². The van der Waals surface area contributed by atoms with Gasteiger partial charge in [0, 0.05) is 37.7 Å². The number of carboxylic acid groups (broad SMARTS) is 1. The van der Waals surface area contributed by atoms with Crippen molar-refractivity contribution in [3.05, 3.63) is 76.7 Å². The van der Waals surface area contributed by atoms with Gasteiger partial charge in [0.1, 0.15) is 17.7 Å². The molecule has 2 unspecified atom stereocenters. The van der Waals surface area contributed by atoms with Crippen LogP contribution in [-0.2, 0) is 22.5 Å². The van der Waals surface area contributed by atoms with Gasteiger partial charge in [-0.3, -0.25) is 9.69 Å². The SMILES string of the molecule is COc1cc(-c2ccc(C3CCc4ccc([C@H](C5CC5)[C@H](C)C(=O)O)cc4O3)cc2CN2CCC3(CCO3)C2)c(F)cn1. The second-order valence-electron chi connectivity index (χ2n) is 12.9. The molecule has 1 saturated carbocycles. The number of pyridine rings is 1. The van der Waals surface area contributed by atoms with Crippen LogP contribution in [-0.4, -0.2) is 53.4 Å². The summed E-state index contributed by atoms with van der Waals surface area (Å²) in [6.45, 7) is 5.15. The van der Waals surface area contributed by atoms with Gasteiger partial charge in [-0.05, 0) is 77.8 Å². The van der Waals surface area contributed by atoms with E-state index in [0.717, 1.165) is 91.8 Å². The van der Waals surface area contributed by atoms with Crippen molar-refractivity contribution in [2.75, 3.05) is 26.8 Å². The molecule has 7 nitrogen and oxygen atoms in total. The molecule has 2 aromatic carbocycles. The molecule has 3 aliphatic heterocycles. The number of benzene rings is 2. The predicted octanol–water partition coefficient (Wildman–Crippen LogP) is 6.54. The standard InChI is InChI=1S/C35H39FN2O5/c1-21(34(39)40)33(23-4-5-23)25-6-3-22-8-10-30(43-31(22)16-25)24-7-9-27(28-17-32(41-2)37-18-29(28)36)26(15-24)19-38-13-11-35(20-38)12-14-42-35/h3,6-7,9,15-18,21,23,30,33H,4-5,8,10-14,19-20H2,1-2H3,(H,39,40)/t21-,30?,33-,35?/m0/s1. The van der Waals surface area contributed by atoms with E-state index in [1.807, 2.05) is 19.1 Å². The average molecular weight is 587 g/mol. The number of fused-ring (bicyclic) bond motifs is 1. The number of hydrogen-bond acceptors (Lipinski definition) is 6. The molecule has 0 bridgehead atoms. The van der Waals surface area contributed by atoms with Crippen molar-refractivity contribution in [1.82, 2.24) is 9.88 Å². The lowest BCUT2D eigenvalue weighted by atomic mass is 9.82. The molecule has 3 fully saturated rings. The molecule has 4 heterocycles. The van der Waals surface area contributed by atoms with E-state index in [1.54, 1.807) is 6.07 Å². The van der Waals surface area contributed by atoms with E-state index in [-0.39, 0.29) is 23.4 Å². The van der Waals surface area contributed by atoms with Gasteiger partial charge in [-0.15, -0.1) is 0 Å². The minimum absolute atomic E-state index is 0.00619. The number of carboxylic acids is 1. The lowest BCUT2D eigenvalue weighted by Crippen LogP contribution is -2.45. The maximum atomic E-state index is 15.2. The lowest BCUT2D eigenvalue weighted by molar-refractivity contribution is -0.142. The number of rotatable bonds is 9. The molecule has 4 aliphatic rings. The third-order valence-electron chi connectivity index (χ3n) is 10.1. The maximum Gasteiger partial charge on any atom is 0.306 e. The molecule has 3 aromatic rings. The van der Waals surface area contributed by atoms with E-state index < -0.39 is 11.9 Å². The highest BCUT2D eigenvalue weighted by molar-refractivity contribution is 5.71. The van der Waals surface area contributed by atoms with Gasteiger partial charge in [-0.25, -0.2) is 9.37 Å². The first-order chi connectivity index (χ1) is 20.8. The average Bonchev–Trinajstić information content (AvgIpc) is 3.73. The summed E-state index contributed by atoms with van der Waals surface area (Å²) in [7, 11) is 1.54. The number of ether oxygens (including phenoxy) is 3. The highest BCUT2D eigenvalue weighted by Gasteiger charge is 2.44. The molecule has 4 atom stereocenters. The van der Waals surface area contributed by atoms with E-state index in [4.69, 9.17) is 14.2 Å². The summed E-state index contributed by atoms with van der Waals surface area (Å²) in [4.78, 5) is 18.3. The van der Waals surface area contributed by atoms with Gasteiger partial charge in [0.05, 0.1) is 31.4 Å². The zero-order chi connectivity index (χ0) is 29.7. The molecule has 2 saturated heterocycles. The van der Waals surface area contributed by atoms with Crippen molar-refractivity contribution in [3.8, 4) is 22.8 Å². The number of carbonyl (C=O) groups is 1. The highest BCUT2D eigenvalue weighted by atomic mass is 19.1. The largest absolute Gasteiger partial charge is 0.485 e. The fourth-order valence-corrected chi connectivity index (χ4v) is 7.37. The van der Waals surface area contributed by atoms with Crippen LogP contribution >= 0.6 is 0 Å². The maximum absolute atomic E-state index is 15.2. The zero-order valence-corrected chi connectivity index (χ0v) is 24.9. The molecular formula is C35H39FN2O5. The molecule has 0 amide bonds. The van der Waals surface area contributed by atoms with Crippen LogP contribution in [0.1, 0.15) is 73.3 Å². The minimum atomic E-state index is -0.753. The van der Waals surface area contributed by atoms with Gasteiger partial charge < -0.3 is 19.3 Å². The minimum Gasteiger partial charge on any atom is -0.485 e. The Morgan fingerprint density at radius 2 is 2.00 bits per heavy atom.